The quantitative estimate of drug-likeness (QED) is 0.471. The molecule has 0 spiro atoms. The van der Waals surface area contributed by atoms with Crippen molar-refractivity contribution in [3.63, 3.8) is 0 Å². The number of fused-ring (bicyclic) bond motifs is 5. The highest BCUT2D eigenvalue weighted by atomic mass is 16.3. The van der Waals surface area contributed by atoms with Crippen LogP contribution in [0.5, 0.6) is 0 Å². The standard InChI is InChI=1S/C29H48O2/c1-20(11-16-29(31)13-5-6-14-29)23-9-10-24-22-8-7-21-19-26(2,30)17-18-27(21,3)25(22)12-15-28(23,24)4/h7,20,22-25,30-31H,5-6,8-19H2,1-4H3/t20-,22+,23-,24+,25+,26+,27+,28-/m1/s1. The molecule has 2 heteroatoms. The fourth-order valence-corrected chi connectivity index (χ4v) is 9.76. The van der Waals surface area contributed by atoms with Crippen LogP contribution in [0.15, 0.2) is 11.6 Å². The van der Waals surface area contributed by atoms with Crippen LogP contribution in [0.3, 0.4) is 0 Å². The molecule has 0 bridgehead atoms. The van der Waals surface area contributed by atoms with Crippen molar-refractivity contribution < 1.29 is 10.2 Å². The third-order valence-electron chi connectivity index (χ3n) is 11.7. The van der Waals surface area contributed by atoms with Crippen molar-refractivity contribution in [1.29, 1.82) is 0 Å². The summed E-state index contributed by atoms with van der Waals surface area (Å²) in [6, 6.07) is 0. The van der Waals surface area contributed by atoms with Crippen molar-refractivity contribution in [3.8, 4) is 0 Å². The van der Waals surface area contributed by atoms with E-state index in [0.717, 1.165) is 61.7 Å². The van der Waals surface area contributed by atoms with Crippen molar-refractivity contribution in [2.45, 2.75) is 129 Å². The number of hydrogen-bond acceptors (Lipinski definition) is 2. The Morgan fingerprint density at radius 1 is 0.935 bits per heavy atom. The normalized spacial score (nSPS) is 49.7. The highest BCUT2D eigenvalue weighted by Crippen LogP contribution is 2.67. The molecule has 2 N–H and O–H groups in total. The van der Waals surface area contributed by atoms with Crippen LogP contribution < -0.4 is 0 Å². The zero-order chi connectivity index (χ0) is 22.1. The fourth-order valence-electron chi connectivity index (χ4n) is 9.76. The van der Waals surface area contributed by atoms with E-state index in [2.05, 4.69) is 26.8 Å². The van der Waals surface area contributed by atoms with E-state index in [-0.39, 0.29) is 5.60 Å². The van der Waals surface area contributed by atoms with Gasteiger partial charge in [-0.25, -0.2) is 0 Å². The van der Waals surface area contributed by atoms with E-state index in [0.29, 0.717) is 10.8 Å². The van der Waals surface area contributed by atoms with Crippen molar-refractivity contribution in [3.05, 3.63) is 11.6 Å². The van der Waals surface area contributed by atoms with Gasteiger partial charge in [0.25, 0.3) is 0 Å². The molecule has 0 unspecified atom stereocenters. The molecule has 8 atom stereocenters. The molecule has 2 nitrogen and oxygen atoms in total. The van der Waals surface area contributed by atoms with Crippen LogP contribution in [-0.4, -0.2) is 21.4 Å². The van der Waals surface area contributed by atoms with Crippen molar-refractivity contribution in [1.82, 2.24) is 0 Å². The predicted molar refractivity (Wildman–Crippen MR) is 128 cm³/mol. The van der Waals surface area contributed by atoms with Crippen LogP contribution in [0.1, 0.15) is 118 Å². The van der Waals surface area contributed by atoms with Crippen LogP contribution in [0.25, 0.3) is 0 Å². The SMILES string of the molecule is C[C@H](CCC1(O)CCCC1)[C@H]1CC[C@H]2[C@@H]3CC=C4C[C@@](C)(O)CC[C@]4(C)[C@H]3CC[C@]12C. The largest absolute Gasteiger partial charge is 0.390 e. The molecule has 31 heavy (non-hydrogen) atoms. The van der Waals surface area contributed by atoms with Gasteiger partial charge in [0.1, 0.15) is 0 Å². The van der Waals surface area contributed by atoms with Crippen LogP contribution in [0.4, 0.5) is 0 Å². The molecule has 0 heterocycles. The molecular formula is C29H48O2. The summed E-state index contributed by atoms with van der Waals surface area (Å²) in [5.74, 6) is 4.15. The molecule has 4 saturated carbocycles. The minimum atomic E-state index is -0.487. The molecule has 5 aliphatic rings. The van der Waals surface area contributed by atoms with E-state index >= 15 is 0 Å². The summed E-state index contributed by atoms with van der Waals surface area (Å²) < 4.78 is 0. The molecule has 5 rings (SSSR count). The highest BCUT2D eigenvalue weighted by molar-refractivity contribution is 5.26. The van der Waals surface area contributed by atoms with Gasteiger partial charge < -0.3 is 10.2 Å². The predicted octanol–water partition coefficient (Wildman–Crippen LogP) is 7.04. The maximum absolute atomic E-state index is 10.9. The second-order valence-corrected chi connectivity index (χ2v) is 13.6. The highest BCUT2D eigenvalue weighted by Gasteiger charge is 2.59. The molecule has 0 saturated heterocycles. The first kappa shape index (κ1) is 22.5. The Morgan fingerprint density at radius 3 is 2.42 bits per heavy atom. The number of aliphatic hydroxyl groups is 2. The van der Waals surface area contributed by atoms with Gasteiger partial charge in [0.15, 0.2) is 0 Å². The van der Waals surface area contributed by atoms with Gasteiger partial charge in [-0.15, -0.1) is 0 Å². The maximum Gasteiger partial charge on any atom is 0.0657 e. The Bertz CT molecular complexity index is 716. The number of rotatable bonds is 4. The third kappa shape index (κ3) is 3.67. The van der Waals surface area contributed by atoms with Gasteiger partial charge in [-0.05, 0) is 124 Å². The Hall–Kier alpha value is -0.340. The summed E-state index contributed by atoms with van der Waals surface area (Å²) in [4.78, 5) is 0. The molecule has 5 aliphatic carbocycles. The van der Waals surface area contributed by atoms with Crippen molar-refractivity contribution >= 4 is 0 Å². The van der Waals surface area contributed by atoms with E-state index in [4.69, 9.17) is 0 Å². The number of hydrogen-bond donors (Lipinski definition) is 2. The fraction of sp³-hybridized carbons (Fsp3) is 0.931. The first-order valence-electron chi connectivity index (χ1n) is 13.7. The summed E-state index contributed by atoms with van der Waals surface area (Å²) in [5, 5.41) is 21.6. The molecular weight excluding hydrogens is 380 g/mol. The Kier molecular flexibility index (Phi) is 5.50. The topological polar surface area (TPSA) is 40.5 Å². The minimum absolute atomic E-state index is 0.335. The lowest BCUT2D eigenvalue weighted by atomic mass is 9.46. The lowest BCUT2D eigenvalue weighted by Crippen LogP contribution is -2.52. The molecule has 4 fully saturated rings. The first-order chi connectivity index (χ1) is 14.6. The van der Waals surface area contributed by atoms with Gasteiger partial charge in [-0.2, -0.15) is 0 Å². The molecule has 0 aromatic carbocycles. The lowest BCUT2D eigenvalue weighted by molar-refractivity contribution is -0.0716. The van der Waals surface area contributed by atoms with Crippen molar-refractivity contribution in [2.24, 2.45) is 40.4 Å². The molecule has 0 radical (unpaired) electrons. The lowest BCUT2D eigenvalue weighted by Gasteiger charge is -2.59. The molecule has 0 aromatic rings. The Morgan fingerprint density at radius 2 is 1.68 bits per heavy atom. The summed E-state index contributed by atoms with van der Waals surface area (Å²) in [6.45, 7) is 9.75. The number of allylic oxidation sites excluding steroid dienone is 1. The van der Waals surface area contributed by atoms with Gasteiger partial charge >= 0.3 is 0 Å². The van der Waals surface area contributed by atoms with E-state index in [1.807, 2.05) is 6.92 Å². The second-order valence-electron chi connectivity index (χ2n) is 13.6. The van der Waals surface area contributed by atoms with Crippen molar-refractivity contribution in [2.75, 3.05) is 0 Å². The summed E-state index contributed by atoms with van der Waals surface area (Å²) >= 11 is 0. The average molecular weight is 429 g/mol. The minimum Gasteiger partial charge on any atom is -0.390 e. The van der Waals surface area contributed by atoms with Crippen LogP contribution >= 0.6 is 0 Å². The zero-order valence-electron chi connectivity index (χ0n) is 20.8. The molecule has 0 amide bonds. The molecule has 176 valence electrons. The Balaban J connectivity index is 1.31. The van der Waals surface area contributed by atoms with Gasteiger partial charge in [0, 0.05) is 0 Å². The summed E-state index contributed by atoms with van der Waals surface area (Å²) in [6.07, 6.45) is 19.3. The van der Waals surface area contributed by atoms with E-state index in [1.54, 1.807) is 5.57 Å². The van der Waals surface area contributed by atoms with E-state index < -0.39 is 5.60 Å². The van der Waals surface area contributed by atoms with Crippen LogP contribution in [-0.2, 0) is 0 Å². The average Bonchev–Trinajstić information content (AvgIpc) is 3.30. The summed E-state index contributed by atoms with van der Waals surface area (Å²) in [5.41, 5.74) is 1.59. The third-order valence-corrected chi connectivity index (χ3v) is 11.7. The van der Waals surface area contributed by atoms with E-state index in [9.17, 15) is 10.2 Å². The van der Waals surface area contributed by atoms with Crippen LogP contribution in [0, 0.1) is 40.4 Å². The van der Waals surface area contributed by atoms with Gasteiger partial charge in [-0.3, -0.25) is 0 Å². The smallest absolute Gasteiger partial charge is 0.0657 e. The second kappa shape index (κ2) is 7.59. The zero-order valence-corrected chi connectivity index (χ0v) is 20.8. The van der Waals surface area contributed by atoms with Crippen LogP contribution in [0.2, 0.25) is 0 Å². The van der Waals surface area contributed by atoms with Gasteiger partial charge in [0.05, 0.1) is 11.2 Å². The van der Waals surface area contributed by atoms with Gasteiger partial charge in [0.2, 0.25) is 0 Å². The first-order valence-corrected chi connectivity index (χ1v) is 13.7. The summed E-state index contributed by atoms with van der Waals surface area (Å²) in [7, 11) is 0. The monoisotopic (exact) mass is 428 g/mol. The maximum atomic E-state index is 10.9. The molecule has 0 aromatic heterocycles. The molecule has 0 aliphatic heterocycles. The Labute approximate surface area is 191 Å². The van der Waals surface area contributed by atoms with Gasteiger partial charge in [-0.1, -0.05) is 45.3 Å². The van der Waals surface area contributed by atoms with E-state index in [1.165, 1.54) is 57.8 Å².